The number of halogens is 1. The number of hydrogen-bond donors (Lipinski definition) is 0. The topological polar surface area (TPSA) is 6.48 Å². The third-order valence-electron chi connectivity index (χ3n) is 2.82. The molecule has 1 atom stereocenters. The van der Waals surface area contributed by atoms with Crippen LogP contribution in [0.4, 0.5) is 5.69 Å². The zero-order valence-corrected chi connectivity index (χ0v) is 13.1. The van der Waals surface area contributed by atoms with Crippen molar-refractivity contribution in [1.29, 1.82) is 0 Å². The fourth-order valence-corrected chi connectivity index (χ4v) is 2.42. The molecule has 0 aromatic heterocycles. The highest BCUT2D eigenvalue weighted by atomic mass is 35.5. The summed E-state index contributed by atoms with van der Waals surface area (Å²) >= 11 is 6.45. The first kappa shape index (κ1) is 16.5. The number of anilines is 1. The maximum absolute atomic E-state index is 6.45. The SMILES string of the molecule is C=C/C=C(\C=C)N(CC(Cl)CN(C)C)c1ccccc1. The quantitative estimate of drug-likeness (QED) is 0.529. The van der Waals surface area contributed by atoms with Gasteiger partial charge in [-0.3, -0.25) is 0 Å². The minimum absolute atomic E-state index is 0.0263. The fraction of sp³-hybridized carbons (Fsp3) is 0.294. The molecule has 2 nitrogen and oxygen atoms in total. The van der Waals surface area contributed by atoms with Gasteiger partial charge in [0.25, 0.3) is 0 Å². The van der Waals surface area contributed by atoms with E-state index in [1.807, 2.05) is 44.4 Å². The molecule has 20 heavy (non-hydrogen) atoms. The molecule has 108 valence electrons. The summed E-state index contributed by atoms with van der Waals surface area (Å²) in [5.41, 5.74) is 2.10. The van der Waals surface area contributed by atoms with E-state index in [-0.39, 0.29) is 5.38 Å². The summed E-state index contributed by atoms with van der Waals surface area (Å²) in [7, 11) is 4.05. The number of nitrogens with zero attached hydrogens (tertiary/aromatic N) is 2. The van der Waals surface area contributed by atoms with Gasteiger partial charge in [0.1, 0.15) is 0 Å². The summed E-state index contributed by atoms with van der Waals surface area (Å²) in [6.07, 6.45) is 5.54. The highest BCUT2D eigenvalue weighted by Gasteiger charge is 2.15. The lowest BCUT2D eigenvalue weighted by Crippen LogP contribution is -2.34. The monoisotopic (exact) mass is 290 g/mol. The molecule has 0 saturated carbocycles. The summed E-state index contributed by atoms with van der Waals surface area (Å²) in [6, 6.07) is 10.2. The third-order valence-corrected chi connectivity index (χ3v) is 3.10. The van der Waals surface area contributed by atoms with Gasteiger partial charge in [0, 0.05) is 24.5 Å². The van der Waals surface area contributed by atoms with Crippen molar-refractivity contribution in [2.24, 2.45) is 0 Å². The lowest BCUT2D eigenvalue weighted by molar-refractivity contribution is 0.405. The summed E-state index contributed by atoms with van der Waals surface area (Å²) < 4.78 is 0. The van der Waals surface area contributed by atoms with E-state index in [1.54, 1.807) is 6.08 Å². The first-order chi connectivity index (χ1) is 9.58. The van der Waals surface area contributed by atoms with E-state index >= 15 is 0 Å². The average Bonchev–Trinajstić information content (AvgIpc) is 2.43. The van der Waals surface area contributed by atoms with Gasteiger partial charge in [-0.2, -0.15) is 0 Å². The third kappa shape index (κ3) is 5.24. The van der Waals surface area contributed by atoms with Crippen molar-refractivity contribution in [3.8, 4) is 0 Å². The maximum Gasteiger partial charge on any atom is 0.0642 e. The van der Waals surface area contributed by atoms with Crippen LogP contribution in [0.5, 0.6) is 0 Å². The normalized spacial score (nSPS) is 13.1. The summed E-state index contributed by atoms with van der Waals surface area (Å²) in [5, 5.41) is 0.0263. The molecule has 0 bridgehead atoms. The molecular weight excluding hydrogens is 268 g/mol. The van der Waals surface area contributed by atoms with Crippen LogP contribution in [0.15, 0.2) is 67.4 Å². The Kier molecular flexibility index (Phi) is 7.13. The predicted octanol–water partition coefficient (Wildman–Crippen LogP) is 3.92. The molecule has 1 aromatic carbocycles. The molecule has 0 heterocycles. The van der Waals surface area contributed by atoms with Crippen molar-refractivity contribution in [3.63, 3.8) is 0 Å². The smallest absolute Gasteiger partial charge is 0.0642 e. The van der Waals surface area contributed by atoms with Crippen LogP contribution < -0.4 is 4.90 Å². The van der Waals surface area contributed by atoms with E-state index in [1.165, 1.54) is 0 Å². The maximum atomic E-state index is 6.45. The first-order valence-corrected chi connectivity index (χ1v) is 7.08. The van der Waals surface area contributed by atoms with Crippen molar-refractivity contribution in [3.05, 3.63) is 67.4 Å². The lowest BCUT2D eigenvalue weighted by Gasteiger charge is -2.29. The number of rotatable bonds is 8. The number of hydrogen-bond acceptors (Lipinski definition) is 2. The molecule has 0 N–H and O–H groups in total. The Hall–Kier alpha value is -1.51. The van der Waals surface area contributed by atoms with Gasteiger partial charge in [-0.15, -0.1) is 11.6 Å². The van der Waals surface area contributed by atoms with Crippen molar-refractivity contribution in [2.45, 2.75) is 5.38 Å². The molecule has 0 amide bonds. The molecule has 0 saturated heterocycles. The highest BCUT2D eigenvalue weighted by molar-refractivity contribution is 6.21. The van der Waals surface area contributed by atoms with Gasteiger partial charge < -0.3 is 9.80 Å². The van der Waals surface area contributed by atoms with E-state index < -0.39 is 0 Å². The largest absolute Gasteiger partial charge is 0.340 e. The fourth-order valence-electron chi connectivity index (χ4n) is 2.01. The molecule has 1 rings (SSSR count). The number of benzene rings is 1. The van der Waals surface area contributed by atoms with Crippen molar-refractivity contribution in [2.75, 3.05) is 32.1 Å². The van der Waals surface area contributed by atoms with E-state index in [9.17, 15) is 0 Å². The average molecular weight is 291 g/mol. The predicted molar refractivity (Wildman–Crippen MR) is 90.5 cm³/mol. The zero-order valence-electron chi connectivity index (χ0n) is 12.3. The summed E-state index contributed by atoms with van der Waals surface area (Å²) in [4.78, 5) is 4.25. The molecule has 0 aliphatic carbocycles. The van der Waals surface area contributed by atoms with Gasteiger partial charge in [-0.1, -0.05) is 37.4 Å². The standard InChI is InChI=1S/C17H23ClN2/c1-5-10-16(6-2)20(14-15(18)13-19(3)4)17-11-8-7-9-12-17/h5-12,15H,1-2,13-14H2,3-4H3/b16-10+. The first-order valence-electron chi connectivity index (χ1n) is 6.65. The van der Waals surface area contributed by atoms with Gasteiger partial charge >= 0.3 is 0 Å². The second kappa shape index (κ2) is 8.62. The van der Waals surface area contributed by atoms with Crippen LogP contribution in [0.3, 0.4) is 0 Å². The Morgan fingerprint density at radius 2 is 1.85 bits per heavy atom. The van der Waals surface area contributed by atoms with Crippen molar-refractivity contribution in [1.82, 2.24) is 4.90 Å². The van der Waals surface area contributed by atoms with Crippen LogP contribution in [0.1, 0.15) is 0 Å². The van der Waals surface area contributed by atoms with Gasteiger partial charge in [0.2, 0.25) is 0 Å². The van der Waals surface area contributed by atoms with Crippen molar-refractivity contribution >= 4 is 17.3 Å². The van der Waals surface area contributed by atoms with Gasteiger partial charge in [-0.05, 0) is 38.4 Å². The van der Waals surface area contributed by atoms with Gasteiger partial charge in [0.15, 0.2) is 0 Å². The van der Waals surface area contributed by atoms with Crippen LogP contribution in [0.25, 0.3) is 0 Å². The second-order valence-electron chi connectivity index (χ2n) is 4.84. The minimum Gasteiger partial charge on any atom is -0.340 e. The summed E-state index contributed by atoms with van der Waals surface area (Å²) in [6.45, 7) is 9.18. The second-order valence-corrected chi connectivity index (χ2v) is 5.45. The number of allylic oxidation sites excluding steroid dienone is 3. The van der Waals surface area contributed by atoms with Crippen LogP contribution >= 0.6 is 11.6 Å². The molecule has 0 radical (unpaired) electrons. The Labute approximate surface area is 127 Å². The van der Waals surface area contributed by atoms with Crippen molar-refractivity contribution < 1.29 is 0 Å². The molecule has 0 aliphatic heterocycles. The molecule has 1 unspecified atom stereocenters. The molecule has 0 spiro atoms. The number of para-hydroxylation sites is 1. The van der Waals surface area contributed by atoms with Crippen LogP contribution in [-0.2, 0) is 0 Å². The molecule has 3 heteroatoms. The zero-order chi connectivity index (χ0) is 15.0. The van der Waals surface area contributed by atoms with E-state index in [0.29, 0.717) is 0 Å². The van der Waals surface area contributed by atoms with Gasteiger partial charge in [-0.25, -0.2) is 0 Å². The lowest BCUT2D eigenvalue weighted by atomic mass is 10.2. The summed E-state index contributed by atoms with van der Waals surface area (Å²) in [5.74, 6) is 0. The molecule has 0 aliphatic rings. The minimum atomic E-state index is 0.0263. The Morgan fingerprint density at radius 1 is 1.20 bits per heavy atom. The van der Waals surface area contributed by atoms with Crippen LogP contribution in [0.2, 0.25) is 0 Å². The van der Waals surface area contributed by atoms with Crippen LogP contribution in [0, 0.1) is 0 Å². The molecular formula is C17H23ClN2. The Bertz CT molecular complexity index is 451. The number of alkyl halides is 1. The molecule has 1 aromatic rings. The van der Waals surface area contributed by atoms with Crippen LogP contribution in [-0.4, -0.2) is 37.5 Å². The molecule has 0 fully saturated rings. The van der Waals surface area contributed by atoms with E-state index in [0.717, 1.165) is 24.5 Å². The van der Waals surface area contributed by atoms with E-state index in [4.69, 9.17) is 11.6 Å². The highest BCUT2D eigenvalue weighted by Crippen LogP contribution is 2.21. The Balaban J connectivity index is 2.99. The van der Waals surface area contributed by atoms with E-state index in [2.05, 4.69) is 35.1 Å². The van der Waals surface area contributed by atoms with Gasteiger partial charge in [0.05, 0.1) is 5.38 Å². The Morgan fingerprint density at radius 3 is 2.35 bits per heavy atom.